The zero-order valence-electron chi connectivity index (χ0n) is 16.0. The van der Waals surface area contributed by atoms with E-state index < -0.39 is 11.4 Å². The highest BCUT2D eigenvalue weighted by Gasteiger charge is 2.55. The maximum atomic E-state index is 13.3. The molecule has 3 rings (SSSR count). The van der Waals surface area contributed by atoms with Crippen molar-refractivity contribution in [2.45, 2.75) is 12.3 Å². The lowest BCUT2D eigenvalue weighted by atomic mass is 9.76. The summed E-state index contributed by atoms with van der Waals surface area (Å²) in [5.41, 5.74) is 0.496. The average molecular weight is 434 g/mol. The number of halogens is 2. The third-order valence-corrected chi connectivity index (χ3v) is 5.46. The Morgan fingerprint density at radius 1 is 0.931 bits per heavy atom. The van der Waals surface area contributed by atoms with Gasteiger partial charge in [0.1, 0.15) is 6.61 Å². The summed E-state index contributed by atoms with van der Waals surface area (Å²) < 4.78 is 5.18. The van der Waals surface area contributed by atoms with Gasteiger partial charge in [0.2, 0.25) is 0 Å². The van der Waals surface area contributed by atoms with Crippen molar-refractivity contribution in [3.8, 4) is 0 Å². The van der Waals surface area contributed by atoms with Crippen LogP contribution in [-0.2, 0) is 14.9 Å². The van der Waals surface area contributed by atoms with Crippen molar-refractivity contribution in [2.75, 3.05) is 36.4 Å². The fourth-order valence-electron chi connectivity index (χ4n) is 3.66. The molecule has 2 aromatic carbocycles. The van der Waals surface area contributed by atoms with Gasteiger partial charge in [-0.3, -0.25) is 14.4 Å². The number of carbonyl (C=O) groups excluding carboxylic acids is 3. The first-order valence-corrected chi connectivity index (χ1v) is 10.3. The number of anilines is 1. The summed E-state index contributed by atoms with van der Waals surface area (Å²) in [6.45, 7) is 2.16. The fourth-order valence-corrected chi connectivity index (χ4v) is 4.07. The molecule has 152 valence electrons. The van der Waals surface area contributed by atoms with Crippen LogP contribution in [0.5, 0.6) is 0 Å². The molecule has 7 heteroatoms. The van der Waals surface area contributed by atoms with Crippen LogP contribution in [0.2, 0.25) is 0 Å². The van der Waals surface area contributed by atoms with Crippen LogP contribution in [0.15, 0.2) is 48.5 Å². The molecule has 0 aliphatic heterocycles. The third-order valence-electron chi connectivity index (χ3n) is 5.12. The van der Waals surface area contributed by atoms with E-state index in [1.165, 1.54) is 6.92 Å². The maximum absolute atomic E-state index is 13.3. The van der Waals surface area contributed by atoms with Crippen molar-refractivity contribution in [3.05, 3.63) is 65.2 Å². The van der Waals surface area contributed by atoms with Gasteiger partial charge in [-0.15, -0.1) is 23.2 Å². The number of ether oxygens (including phenoxy) is 1. The lowest BCUT2D eigenvalue weighted by Gasteiger charge is -2.27. The van der Waals surface area contributed by atoms with Crippen molar-refractivity contribution < 1.29 is 19.1 Å². The predicted molar refractivity (Wildman–Crippen MR) is 114 cm³/mol. The average Bonchev–Trinajstić information content (AvgIpc) is 2.95. The van der Waals surface area contributed by atoms with Gasteiger partial charge in [0.15, 0.2) is 17.0 Å². The van der Waals surface area contributed by atoms with Gasteiger partial charge in [0.25, 0.3) is 0 Å². The molecule has 0 fully saturated rings. The predicted octanol–water partition coefficient (Wildman–Crippen LogP) is 3.85. The standard InChI is InChI=1S/C22H21Cl2NO4/c1-15(26)29-14-22(20(27)18-4-2-3-5-19(18)21(22)28)16-6-8-17(9-7-16)25(12-10-23)13-11-24/h2-9H,10-14H2,1H3. The van der Waals surface area contributed by atoms with Gasteiger partial charge in [-0.2, -0.15) is 0 Å². The number of ketones is 2. The van der Waals surface area contributed by atoms with Crippen LogP contribution in [-0.4, -0.2) is 49.0 Å². The molecule has 0 spiro atoms. The number of hydrogen-bond donors (Lipinski definition) is 0. The third kappa shape index (κ3) is 3.89. The number of fused-ring (bicyclic) bond motifs is 1. The zero-order valence-corrected chi connectivity index (χ0v) is 17.5. The number of benzene rings is 2. The van der Waals surface area contributed by atoms with Crippen LogP contribution in [0.25, 0.3) is 0 Å². The van der Waals surface area contributed by atoms with E-state index in [0.29, 0.717) is 41.5 Å². The number of alkyl halides is 2. The molecule has 0 amide bonds. The molecule has 1 aliphatic carbocycles. The largest absolute Gasteiger partial charge is 0.464 e. The zero-order chi connectivity index (χ0) is 21.0. The minimum Gasteiger partial charge on any atom is -0.464 e. The first kappa shape index (κ1) is 21.3. The summed E-state index contributed by atoms with van der Waals surface area (Å²) in [5, 5.41) is 0. The Bertz CT molecular complexity index is 886. The lowest BCUT2D eigenvalue weighted by Crippen LogP contribution is -2.43. The smallest absolute Gasteiger partial charge is 0.302 e. The highest BCUT2D eigenvalue weighted by Crippen LogP contribution is 2.40. The number of esters is 1. The molecule has 0 radical (unpaired) electrons. The monoisotopic (exact) mass is 433 g/mol. The Morgan fingerprint density at radius 2 is 1.45 bits per heavy atom. The van der Waals surface area contributed by atoms with E-state index in [-0.39, 0.29) is 18.2 Å². The highest BCUT2D eigenvalue weighted by molar-refractivity contribution is 6.33. The van der Waals surface area contributed by atoms with Gasteiger partial charge in [0, 0.05) is 48.6 Å². The second kappa shape index (κ2) is 8.97. The van der Waals surface area contributed by atoms with E-state index in [1.807, 2.05) is 17.0 Å². The molecule has 0 N–H and O–H groups in total. The summed E-state index contributed by atoms with van der Waals surface area (Å²) in [5.74, 6) is -0.369. The minimum absolute atomic E-state index is 0.332. The van der Waals surface area contributed by atoms with E-state index >= 15 is 0 Å². The molecule has 0 unspecified atom stereocenters. The van der Waals surface area contributed by atoms with Gasteiger partial charge < -0.3 is 9.64 Å². The van der Waals surface area contributed by atoms with Gasteiger partial charge in [-0.1, -0.05) is 36.4 Å². The Balaban J connectivity index is 2.04. The Kier molecular flexibility index (Phi) is 6.60. The van der Waals surface area contributed by atoms with Crippen molar-refractivity contribution in [3.63, 3.8) is 0 Å². The molecule has 29 heavy (non-hydrogen) atoms. The summed E-state index contributed by atoms with van der Waals surface area (Å²) in [6.07, 6.45) is 0. The van der Waals surface area contributed by atoms with Gasteiger partial charge >= 0.3 is 5.97 Å². The number of Topliss-reactive ketones (excluding diaryl/α,β-unsaturated/α-hetero) is 2. The van der Waals surface area contributed by atoms with Gasteiger partial charge in [-0.05, 0) is 17.7 Å². The topological polar surface area (TPSA) is 63.7 Å². The minimum atomic E-state index is -1.57. The van der Waals surface area contributed by atoms with Crippen LogP contribution in [0.3, 0.4) is 0 Å². The Labute approximate surface area is 179 Å². The van der Waals surface area contributed by atoms with Crippen LogP contribution in [0, 0.1) is 0 Å². The molecule has 1 aliphatic rings. The van der Waals surface area contributed by atoms with Gasteiger partial charge in [0.05, 0.1) is 0 Å². The summed E-state index contributed by atoms with van der Waals surface area (Å²) in [7, 11) is 0. The number of carbonyl (C=O) groups is 3. The second-order valence-corrected chi connectivity index (χ2v) is 7.56. The molecule has 0 atom stereocenters. The molecule has 0 bridgehead atoms. The molecular formula is C22H21Cl2NO4. The van der Waals surface area contributed by atoms with E-state index in [4.69, 9.17) is 27.9 Å². The molecule has 2 aromatic rings. The summed E-state index contributed by atoms with van der Waals surface area (Å²) in [6, 6.07) is 13.8. The van der Waals surface area contributed by atoms with Crippen molar-refractivity contribution >= 4 is 46.4 Å². The SMILES string of the molecule is CC(=O)OCC1(c2ccc(N(CCCl)CCCl)cc2)C(=O)c2ccccc2C1=O. The Hall–Kier alpha value is -2.37. The fraction of sp³-hybridized carbons (Fsp3) is 0.318. The van der Waals surface area contributed by atoms with E-state index in [0.717, 1.165) is 5.69 Å². The first-order chi connectivity index (χ1) is 14.0. The van der Waals surface area contributed by atoms with Crippen molar-refractivity contribution in [1.82, 2.24) is 0 Å². The highest BCUT2D eigenvalue weighted by atomic mass is 35.5. The van der Waals surface area contributed by atoms with E-state index in [2.05, 4.69) is 0 Å². The van der Waals surface area contributed by atoms with Crippen LogP contribution < -0.4 is 4.90 Å². The van der Waals surface area contributed by atoms with Crippen LogP contribution >= 0.6 is 23.2 Å². The second-order valence-electron chi connectivity index (χ2n) is 6.80. The van der Waals surface area contributed by atoms with E-state index in [9.17, 15) is 14.4 Å². The van der Waals surface area contributed by atoms with Gasteiger partial charge in [-0.25, -0.2) is 0 Å². The molecule has 0 aromatic heterocycles. The lowest BCUT2D eigenvalue weighted by molar-refractivity contribution is -0.141. The summed E-state index contributed by atoms with van der Waals surface area (Å²) in [4.78, 5) is 40.1. The Morgan fingerprint density at radius 3 is 1.90 bits per heavy atom. The molecule has 5 nitrogen and oxygen atoms in total. The molecule has 0 saturated heterocycles. The normalized spacial score (nSPS) is 14.6. The first-order valence-electron chi connectivity index (χ1n) is 9.25. The number of rotatable bonds is 8. The van der Waals surface area contributed by atoms with Crippen LogP contribution in [0.4, 0.5) is 5.69 Å². The van der Waals surface area contributed by atoms with Crippen LogP contribution in [0.1, 0.15) is 33.2 Å². The maximum Gasteiger partial charge on any atom is 0.302 e. The van der Waals surface area contributed by atoms with Crippen molar-refractivity contribution in [2.24, 2.45) is 0 Å². The molecule has 0 saturated carbocycles. The molecule has 0 heterocycles. The quantitative estimate of drug-likeness (QED) is 0.359. The number of nitrogens with zero attached hydrogens (tertiary/aromatic N) is 1. The summed E-state index contributed by atoms with van der Waals surface area (Å²) >= 11 is 11.8. The molecular weight excluding hydrogens is 413 g/mol. The number of hydrogen-bond acceptors (Lipinski definition) is 5. The van der Waals surface area contributed by atoms with Crippen molar-refractivity contribution in [1.29, 1.82) is 0 Å². The van der Waals surface area contributed by atoms with E-state index in [1.54, 1.807) is 36.4 Å².